The summed E-state index contributed by atoms with van der Waals surface area (Å²) in [5.74, 6) is 0.535. The number of phenols is 1. The molecule has 1 aliphatic rings. The molecule has 0 aliphatic carbocycles. The Balaban J connectivity index is 1.98. The summed E-state index contributed by atoms with van der Waals surface area (Å²) in [5.41, 5.74) is 2.30. The standard InChI is InChI=1S/C15H16N2O3S/c1-7-8(2)21-15-12(7)14(19)16-13(17-15)10-5-4-9(20-3)6-11(10)18/h4-6,13,17-18H,1-3H3,(H,16,19). The minimum absolute atomic E-state index is 0.0839. The minimum Gasteiger partial charge on any atom is -0.507 e. The number of carbonyl (C=O) groups is 1. The van der Waals surface area contributed by atoms with Gasteiger partial charge in [0.05, 0.1) is 12.7 Å². The van der Waals surface area contributed by atoms with E-state index in [1.165, 1.54) is 6.07 Å². The molecule has 0 spiro atoms. The van der Waals surface area contributed by atoms with Crippen LogP contribution in [0.3, 0.4) is 0 Å². The molecule has 0 saturated heterocycles. The number of amides is 1. The van der Waals surface area contributed by atoms with Gasteiger partial charge in [0.2, 0.25) is 0 Å². The monoisotopic (exact) mass is 304 g/mol. The molecule has 21 heavy (non-hydrogen) atoms. The number of phenolic OH excluding ortho intramolecular Hbond substituents is 1. The summed E-state index contributed by atoms with van der Waals surface area (Å²) < 4.78 is 5.07. The van der Waals surface area contributed by atoms with Crippen molar-refractivity contribution in [1.29, 1.82) is 0 Å². The third-order valence-electron chi connectivity index (χ3n) is 3.71. The number of carbonyl (C=O) groups excluding carboxylic acids is 1. The van der Waals surface area contributed by atoms with E-state index in [0.717, 1.165) is 15.4 Å². The van der Waals surface area contributed by atoms with E-state index in [4.69, 9.17) is 4.74 Å². The van der Waals surface area contributed by atoms with Crippen LogP contribution in [-0.4, -0.2) is 18.1 Å². The molecule has 1 aliphatic heterocycles. The maximum atomic E-state index is 12.3. The van der Waals surface area contributed by atoms with E-state index in [1.807, 2.05) is 13.8 Å². The third kappa shape index (κ3) is 2.21. The Morgan fingerprint density at radius 3 is 2.71 bits per heavy atom. The van der Waals surface area contributed by atoms with Crippen molar-refractivity contribution in [1.82, 2.24) is 5.32 Å². The summed E-state index contributed by atoms with van der Waals surface area (Å²) in [6.45, 7) is 3.93. The van der Waals surface area contributed by atoms with Gasteiger partial charge in [-0.1, -0.05) is 0 Å². The maximum Gasteiger partial charge on any atom is 0.256 e. The van der Waals surface area contributed by atoms with Gasteiger partial charge in [-0.15, -0.1) is 11.3 Å². The van der Waals surface area contributed by atoms with Crippen LogP contribution in [0, 0.1) is 13.8 Å². The predicted octanol–water partition coefficient (Wildman–Crippen LogP) is 2.93. The molecule has 3 rings (SSSR count). The van der Waals surface area contributed by atoms with Crippen LogP contribution >= 0.6 is 11.3 Å². The first-order chi connectivity index (χ1) is 10.0. The lowest BCUT2D eigenvalue weighted by molar-refractivity contribution is 0.0935. The summed E-state index contributed by atoms with van der Waals surface area (Å²) in [5, 5.41) is 17.1. The highest BCUT2D eigenvalue weighted by atomic mass is 32.1. The second-order valence-corrected chi connectivity index (χ2v) is 6.19. The van der Waals surface area contributed by atoms with E-state index in [2.05, 4.69) is 10.6 Å². The molecule has 0 bridgehead atoms. The van der Waals surface area contributed by atoms with Gasteiger partial charge in [-0.05, 0) is 31.5 Å². The average Bonchev–Trinajstić information content (AvgIpc) is 2.74. The van der Waals surface area contributed by atoms with Crippen molar-refractivity contribution in [3.63, 3.8) is 0 Å². The number of hydrogen-bond acceptors (Lipinski definition) is 5. The van der Waals surface area contributed by atoms with Crippen molar-refractivity contribution in [3.8, 4) is 11.5 Å². The summed E-state index contributed by atoms with van der Waals surface area (Å²) in [4.78, 5) is 13.4. The molecule has 2 heterocycles. The zero-order valence-electron chi connectivity index (χ0n) is 12.0. The SMILES string of the molecule is COc1ccc(C2NC(=O)c3c(sc(C)c3C)N2)c(O)c1. The molecule has 1 aromatic carbocycles. The quantitative estimate of drug-likeness (QED) is 0.798. The summed E-state index contributed by atoms with van der Waals surface area (Å²) in [6, 6.07) is 5.03. The molecular weight excluding hydrogens is 288 g/mol. The summed E-state index contributed by atoms with van der Waals surface area (Å²) >= 11 is 1.55. The molecular formula is C15H16N2O3S. The van der Waals surface area contributed by atoms with Crippen molar-refractivity contribution in [3.05, 3.63) is 39.8 Å². The molecule has 1 unspecified atom stereocenters. The van der Waals surface area contributed by atoms with Crippen LogP contribution in [0.5, 0.6) is 11.5 Å². The Kier molecular flexibility index (Phi) is 3.25. The number of methoxy groups -OCH3 is 1. The number of benzene rings is 1. The van der Waals surface area contributed by atoms with E-state index in [-0.39, 0.29) is 11.7 Å². The molecule has 5 nitrogen and oxygen atoms in total. The predicted molar refractivity (Wildman–Crippen MR) is 82.3 cm³/mol. The van der Waals surface area contributed by atoms with Crippen molar-refractivity contribution in [2.45, 2.75) is 20.0 Å². The lowest BCUT2D eigenvalue weighted by Gasteiger charge is -2.27. The first kappa shape index (κ1) is 13.8. The van der Waals surface area contributed by atoms with Crippen LogP contribution < -0.4 is 15.4 Å². The van der Waals surface area contributed by atoms with Crippen molar-refractivity contribution in [2.75, 3.05) is 12.4 Å². The van der Waals surface area contributed by atoms with Gasteiger partial charge in [0.1, 0.15) is 22.7 Å². The molecule has 0 saturated carbocycles. The summed E-state index contributed by atoms with van der Waals surface area (Å²) in [6.07, 6.45) is -0.451. The van der Waals surface area contributed by atoms with Gasteiger partial charge < -0.3 is 20.5 Å². The number of fused-ring (bicyclic) bond motifs is 1. The van der Waals surface area contributed by atoms with E-state index in [9.17, 15) is 9.90 Å². The van der Waals surface area contributed by atoms with Crippen molar-refractivity contribution >= 4 is 22.2 Å². The molecule has 110 valence electrons. The van der Waals surface area contributed by atoms with Crippen LogP contribution in [0.25, 0.3) is 0 Å². The fourth-order valence-corrected chi connectivity index (χ4v) is 3.51. The number of aromatic hydroxyl groups is 1. The molecule has 1 atom stereocenters. The van der Waals surface area contributed by atoms with Crippen molar-refractivity contribution in [2.24, 2.45) is 0 Å². The molecule has 2 aromatic rings. The Labute approximate surface area is 126 Å². The van der Waals surface area contributed by atoms with E-state index in [0.29, 0.717) is 16.9 Å². The van der Waals surface area contributed by atoms with Crippen LogP contribution in [0.1, 0.15) is 32.5 Å². The lowest BCUT2D eigenvalue weighted by atomic mass is 10.1. The number of hydrogen-bond donors (Lipinski definition) is 3. The highest BCUT2D eigenvalue weighted by molar-refractivity contribution is 7.16. The average molecular weight is 304 g/mol. The second kappa shape index (κ2) is 4.96. The highest BCUT2D eigenvalue weighted by Gasteiger charge is 2.30. The van der Waals surface area contributed by atoms with E-state index >= 15 is 0 Å². The number of anilines is 1. The minimum atomic E-state index is -0.451. The Bertz CT molecular complexity index is 724. The number of aryl methyl sites for hydroxylation is 1. The smallest absolute Gasteiger partial charge is 0.256 e. The Morgan fingerprint density at radius 1 is 1.29 bits per heavy atom. The normalized spacial score (nSPS) is 16.9. The van der Waals surface area contributed by atoms with Gasteiger partial charge in [-0.2, -0.15) is 0 Å². The fourth-order valence-electron chi connectivity index (χ4n) is 2.42. The molecule has 6 heteroatoms. The Hall–Kier alpha value is -2.21. The largest absolute Gasteiger partial charge is 0.507 e. The first-order valence-corrected chi connectivity index (χ1v) is 7.37. The van der Waals surface area contributed by atoms with Gasteiger partial charge in [-0.3, -0.25) is 4.79 Å². The third-order valence-corrected chi connectivity index (χ3v) is 4.85. The number of thiophene rings is 1. The molecule has 3 N–H and O–H groups in total. The van der Waals surface area contributed by atoms with Crippen LogP contribution in [0.2, 0.25) is 0 Å². The van der Waals surface area contributed by atoms with Gasteiger partial charge >= 0.3 is 0 Å². The van der Waals surface area contributed by atoms with Crippen LogP contribution in [-0.2, 0) is 0 Å². The highest BCUT2D eigenvalue weighted by Crippen LogP contribution is 2.39. The zero-order chi connectivity index (χ0) is 15.1. The van der Waals surface area contributed by atoms with Gasteiger partial charge in [0, 0.05) is 16.5 Å². The zero-order valence-corrected chi connectivity index (χ0v) is 12.8. The Morgan fingerprint density at radius 2 is 2.05 bits per heavy atom. The number of rotatable bonds is 2. The molecule has 0 fully saturated rings. The maximum absolute atomic E-state index is 12.3. The van der Waals surface area contributed by atoms with E-state index in [1.54, 1.807) is 30.6 Å². The summed E-state index contributed by atoms with van der Waals surface area (Å²) in [7, 11) is 1.54. The van der Waals surface area contributed by atoms with Crippen molar-refractivity contribution < 1.29 is 14.6 Å². The van der Waals surface area contributed by atoms with Gasteiger partial charge in [0.15, 0.2) is 0 Å². The van der Waals surface area contributed by atoms with E-state index < -0.39 is 6.17 Å². The molecule has 1 amide bonds. The second-order valence-electron chi connectivity index (χ2n) is 4.96. The first-order valence-electron chi connectivity index (χ1n) is 6.55. The van der Waals surface area contributed by atoms with Gasteiger partial charge in [-0.25, -0.2) is 0 Å². The lowest BCUT2D eigenvalue weighted by Crippen LogP contribution is -2.38. The van der Waals surface area contributed by atoms with Crippen LogP contribution in [0.4, 0.5) is 5.00 Å². The molecule has 0 radical (unpaired) electrons. The number of nitrogens with one attached hydrogen (secondary N) is 2. The van der Waals surface area contributed by atoms with Gasteiger partial charge in [0.25, 0.3) is 5.91 Å². The fraction of sp³-hybridized carbons (Fsp3) is 0.267. The molecule has 1 aromatic heterocycles. The number of ether oxygens (including phenoxy) is 1. The van der Waals surface area contributed by atoms with Crippen LogP contribution in [0.15, 0.2) is 18.2 Å². The topological polar surface area (TPSA) is 70.6 Å².